The second kappa shape index (κ2) is 8.30. The summed E-state index contributed by atoms with van der Waals surface area (Å²) in [6, 6.07) is 0. The van der Waals surface area contributed by atoms with Gasteiger partial charge in [0.1, 0.15) is 0 Å². The Kier molecular flexibility index (Phi) is 7.77. The number of hydrogen-bond donors (Lipinski definition) is 1. The Bertz CT molecular complexity index is 367. The highest BCUT2D eigenvalue weighted by atomic mass is 35.5. The van der Waals surface area contributed by atoms with E-state index in [0.29, 0.717) is 0 Å². The van der Waals surface area contributed by atoms with E-state index < -0.39 is 30.0 Å². The molecule has 0 aromatic rings. The fraction of sp³-hybridized carbons (Fsp3) is 0.800. The van der Waals surface area contributed by atoms with Crippen LogP contribution in [0.4, 0.5) is 35.9 Å². The van der Waals surface area contributed by atoms with Gasteiger partial charge in [0.2, 0.25) is 0 Å². The molecule has 0 unspecified atom stereocenters. The van der Waals surface area contributed by atoms with Crippen molar-refractivity contribution in [2.75, 3.05) is 13.1 Å². The van der Waals surface area contributed by atoms with Crippen LogP contribution in [-0.4, -0.2) is 53.1 Å². The van der Waals surface area contributed by atoms with Crippen LogP contribution in [0.15, 0.2) is 0 Å². The number of amides is 1. The molecule has 0 bridgehead atoms. The van der Waals surface area contributed by atoms with E-state index in [1.54, 1.807) is 0 Å². The van der Waals surface area contributed by atoms with Gasteiger partial charge in [0.15, 0.2) is 0 Å². The Morgan fingerprint density at radius 1 is 1.00 bits per heavy atom. The summed E-state index contributed by atoms with van der Waals surface area (Å²) in [4.78, 5) is 21.4. The van der Waals surface area contributed by atoms with Crippen molar-refractivity contribution in [1.29, 1.82) is 0 Å². The van der Waals surface area contributed by atoms with Crippen LogP contribution in [0.3, 0.4) is 0 Å². The lowest BCUT2D eigenvalue weighted by Gasteiger charge is -2.22. The Hall–Kier alpha value is -1.39. The topological polar surface area (TPSA) is 66.8 Å². The maximum Gasteiger partial charge on any atom is 0.434 e. The molecular formula is C10H12ClF6NO4. The minimum atomic E-state index is -5.72. The zero-order valence-corrected chi connectivity index (χ0v) is 11.6. The highest BCUT2D eigenvalue weighted by Crippen LogP contribution is 2.35. The Morgan fingerprint density at radius 2 is 1.41 bits per heavy atom. The van der Waals surface area contributed by atoms with Gasteiger partial charge in [-0.2, -0.15) is 26.3 Å². The minimum absolute atomic E-state index is 0.731. The highest BCUT2D eigenvalue weighted by molar-refractivity contribution is 6.61. The normalized spacial score (nSPS) is 15.9. The lowest BCUT2D eigenvalue weighted by molar-refractivity contribution is -0.305. The first-order valence-electron chi connectivity index (χ1n) is 5.83. The van der Waals surface area contributed by atoms with Crippen molar-refractivity contribution in [2.45, 2.75) is 37.7 Å². The number of hydrogen-bond acceptors (Lipinski definition) is 3. The maximum atomic E-state index is 11.5. The maximum absolute atomic E-state index is 11.5. The molecule has 1 saturated heterocycles. The van der Waals surface area contributed by atoms with E-state index in [-0.39, 0.29) is 0 Å². The predicted octanol–water partition coefficient (Wildman–Crippen LogP) is 4.01. The lowest BCUT2D eigenvalue weighted by atomic mass is 10.1. The monoisotopic (exact) mass is 359 g/mol. The molecule has 1 amide bonds. The molecule has 1 aliphatic rings. The summed E-state index contributed by atoms with van der Waals surface area (Å²) >= 11 is 4.22. The second-order valence-electron chi connectivity index (χ2n) is 4.15. The molecule has 12 heteroatoms. The molecule has 0 aliphatic carbocycles. The number of carbonyl (C=O) groups excluding carboxylic acids is 1. The first kappa shape index (κ1) is 20.6. The van der Waals surface area contributed by atoms with Crippen LogP contribution in [0.5, 0.6) is 0 Å². The highest BCUT2D eigenvalue weighted by Gasteiger charge is 2.59. The fourth-order valence-electron chi connectivity index (χ4n) is 1.50. The van der Waals surface area contributed by atoms with Crippen molar-refractivity contribution in [3.63, 3.8) is 0 Å². The Balaban J connectivity index is 0.000000425. The van der Waals surface area contributed by atoms with Crippen LogP contribution >= 0.6 is 11.6 Å². The largest absolute Gasteiger partial charge is 0.465 e. The van der Waals surface area contributed by atoms with E-state index in [1.165, 1.54) is 11.3 Å². The summed E-state index contributed by atoms with van der Waals surface area (Å²) in [6.45, 7) is 1.46. The second-order valence-corrected chi connectivity index (χ2v) is 4.46. The molecule has 130 valence electrons. The number of carboxylic acid groups (broad SMARTS) is 1. The molecule has 1 fully saturated rings. The van der Waals surface area contributed by atoms with Gasteiger partial charge in [-0.15, -0.1) is 0 Å². The number of likely N-dealkylation sites (tertiary alicyclic amines) is 1. The molecular weight excluding hydrogens is 348 g/mol. The lowest BCUT2D eigenvalue weighted by Crippen LogP contribution is -2.44. The van der Waals surface area contributed by atoms with Crippen LogP contribution in [-0.2, 0) is 4.74 Å². The number of carbonyl (C=O) groups is 2. The predicted molar refractivity (Wildman–Crippen MR) is 61.7 cm³/mol. The van der Waals surface area contributed by atoms with Crippen molar-refractivity contribution in [2.24, 2.45) is 0 Å². The summed E-state index contributed by atoms with van der Waals surface area (Å²) in [5.41, 5.74) is -2.17. The van der Waals surface area contributed by atoms with Gasteiger partial charge >= 0.3 is 23.9 Å². The Labute approximate surface area is 125 Å². The smallest absolute Gasteiger partial charge is 0.434 e. The van der Waals surface area contributed by atoms with E-state index in [2.05, 4.69) is 16.3 Å². The average Bonchev–Trinajstić information content (AvgIpc) is 2.35. The summed E-state index contributed by atoms with van der Waals surface area (Å²) in [5, 5.41) is 8.46. The zero-order valence-electron chi connectivity index (χ0n) is 10.9. The number of alkyl halides is 6. The van der Waals surface area contributed by atoms with Gasteiger partial charge in [-0.3, -0.25) is 0 Å². The SMILES string of the molecule is O=C(Cl)OC(C(F)(F)F)C(F)(F)F.O=C(O)N1CCCCC1. The summed E-state index contributed by atoms with van der Waals surface area (Å²) < 4.78 is 72.0. The number of ether oxygens (including phenoxy) is 1. The molecule has 0 aromatic heterocycles. The van der Waals surface area contributed by atoms with Crippen molar-refractivity contribution in [3.05, 3.63) is 0 Å². The van der Waals surface area contributed by atoms with Crippen LogP contribution < -0.4 is 0 Å². The number of piperidine rings is 1. The van der Waals surface area contributed by atoms with Crippen LogP contribution in [0.1, 0.15) is 19.3 Å². The molecule has 0 radical (unpaired) electrons. The first-order valence-corrected chi connectivity index (χ1v) is 6.21. The molecule has 5 nitrogen and oxygen atoms in total. The van der Waals surface area contributed by atoms with E-state index in [9.17, 15) is 35.9 Å². The summed E-state index contributed by atoms with van der Waals surface area (Å²) in [6.07, 6.45) is -13.1. The Morgan fingerprint density at radius 3 is 1.59 bits per heavy atom. The molecule has 1 rings (SSSR count). The third kappa shape index (κ3) is 8.15. The molecule has 0 spiro atoms. The number of rotatable bonds is 1. The van der Waals surface area contributed by atoms with Crippen LogP contribution in [0.2, 0.25) is 0 Å². The standard InChI is InChI=1S/C6H11NO2.C4HClF6O2/c8-6(9)7-4-2-1-3-5-7;5-2(12)13-1(3(6,7)8)4(9,10)11/h1-5H2,(H,8,9);1H. The van der Waals surface area contributed by atoms with Gasteiger partial charge in [-0.05, 0) is 19.3 Å². The van der Waals surface area contributed by atoms with Gasteiger partial charge < -0.3 is 14.7 Å². The van der Waals surface area contributed by atoms with E-state index >= 15 is 0 Å². The van der Waals surface area contributed by atoms with E-state index in [1.807, 2.05) is 0 Å². The first-order chi connectivity index (χ1) is 9.85. The molecule has 22 heavy (non-hydrogen) atoms. The molecule has 0 atom stereocenters. The average molecular weight is 360 g/mol. The molecule has 0 saturated carbocycles. The zero-order chi connectivity index (χ0) is 17.6. The van der Waals surface area contributed by atoms with Gasteiger partial charge in [0.05, 0.1) is 0 Å². The molecule has 1 heterocycles. The summed E-state index contributed by atoms with van der Waals surface area (Å²) in [7, 11) is 0. The van der Waals surface area contributed by atoms with Crippen molar-refractivity contribution < 1.29 is 45.8 Å². The third-order valence-electron chi connectivity index (χ3n) is 2.43. The van der Waals surface area contributed by atoms with Gasteiger partial charge in [-0.1, -0.05) is 0 Å². The van der Waals surface area contributed by atoms with Crippen LogP contribution in [0, 0.1) is 0 Å². The fourth-order valence-corrected chi connectivity index (χ4v) is 1.59. The van der Waals surface area contributed by atoms with Gasteiger partial charge in [0, 0.05) is 24.7 Å². The minimum Gasteiger partial charge on any atom is -0.465 e. The van der Waals surface area contributed by atoms with E-state index in [0.717, 1.165) is 25.9 Å². The van der Waals surface area contributed by atoms with Crippen molar-refractivity contribution >= 4 is 23.1 Å². The molecule has 0 aromatic carbocycles. The quantitative estimate of drug-likeness (QED) is 0.567. The van der Waals surface area contributed by atoms with Crippen LogP contribution in [0.25, 0.3) is 0 Å². The number of halogens is 7. The van der Waals surface area contributed by atoms with Gasteiger partial charge in [0.25, 0.3) is 6.10 Å². The summed E-state index contributed by atoms with van der Waals surface area (Å²) in [5.74, 6) is 0. The van der Waals surface area contributed by atoms with Crippen molar-refractivity contribution in [3.8, 4) is 0 Å². The van der Waals surface area contributed by atoms with E-state index in [4.69, 9.17) is 5.11 Å². The number of nitrogens with zero attached hydrogens (tertiary/aromatic N) is 1. The molecule has 1 aliphatic heterocycles. The third-order valence-corrected chi connectivity index (χ3v) is 2.52. The van der Waals surface area contributed by atoms with Gasteiger partial charge in [-0.25, -0.2) is 9.59 Å². The van der Waals surface area contributed by atoms with Crippen molar-refractivity contribution in [1.82, 2.24) is 4.90 Å². The molecule has 1 N–H and O–H groups in total.